The molecule has 11 heteroatoms. The quantitative estimate of drug-likeness (QED) is 0.351. The maximum absolute atomic E-state index is 14.2. The van der Waals surface area contributed by atoms with Crippen molar-refractivity contribution >= 4 is 51.2 Å². The SMILES string of the molecule is N=C(c1ncc(N2CCC3C(C2)C3(CN)c2nc(Cl)cs2)nc1N)c1ccc(F)c2ncccc12. The Morgan fingerprint density at radius 2 is 2.11 bits per heavy atom. The minimum absolute atomic E-state index is 0.0725. The molecule has 6 rings (SSSR count). The first-order valence-electron chi connectivity index (χ1n) is 11.3. The number of nitrogens with one attached hydrogen (secondary N) is 1. The molecule has 3 aromatic heterocycles. The zero-order valence-corrected chi connectivity index (χ0v) is 20.2. The summed E-state index contributed by atoms with van der Waals surface area (Å²) in [5.74, 6) is 1.22. The lowest BCUT2D eigenvalue weighted by atomic mass is 10.0. The topological polar surface area (TPSA) is 131 Å². The number of anilines is 2. The summed E-state index contributed by atoms with van der Waals surface area (Å²) >= 11 is 7.66. The lowest BCUT2D eigenvalue weighted by Gasteiger charge is -2.27. The highest BCUT2D eigenvalue weighted by atomic mass is 35.5. The number of rotatable bonds is 5. The molecule has 5 N–H and O–H groups in total. The van der Waals surface area contributed by atoms with Crippen molar-refractivity contribution in [3.63, 3.8) is 0 Å². The average molecular weight is 509 g/mol. The number of pyridine rings is 1. The van der Waals surface area contributed by atoms with Crippen LogP contribution in [0, 0.1) is 23.1 Å². The molecule has 2 aliphatic rings. The molecule has 1 aromatic carbocycles. The summed E-state index contributed by atoms with van der Waals surface area (Å²) in [5, 5.41) is 12.6. The molecule has 0 bridgehead atoms. The standard InChI is InChI=1S/C24H22ClFN8S/c25-17-10-35-23(32-17)24(11-27)14-5-7-34(9-15(14)24)18-8-31-21(22(29)33-18)19(28)12-3-4-16(26)20-13(12)2-1-6-30-20/h1-4,6,8,10,14-15,28H,5,7,9,11,27H2,(H2,29,33). The van der Waals surface area contributed by atoms with Gasteiger partial charge in [-0.1, -0.05) is 17.7 Å². The van der Waals surface area contributed by atoms with Gasteiger partial charge in [0, 0.05) is 47.6 Å². The second-order valence-electron chi connectivity index (χ2n) is 9.00. The average Bonchev–Trinajstić information content (AvgIpc) is 3.33. The number of aromatic nitrogens is 4. The van der Waals surface area contributed by atoms with E-state index in [1.165, 1.54) is 12.3 Å². The van der Waals surface area contributed by atoms with Crippen LogP contribution >= 0.6 is 22.9 Å². The van der Waals surface area contributed by atoms with E-state index < -0.39 is 5.82 Å². The van der Waals surface area contributed by atoms with Gasteiger partial charge in [-0.15, -0.1) is 11.3 Å². The van der Waals surface area contributed by atoms with E-state index in [9.17, 15) is 4.39 Å². The van der Waals surface area contributed by atoms with Crippen LogP contribution in [0.3, 0.4) is 0 Å². The summed E-state index contributed by atoms with van der Waals surface area (Å²) < 4.78 is 14.2. The molecule has 1 aliphatic carbocycles. The minimum atomic E-state index is -0.441. The fourth-order valence-electron chi connectivity index (χ4n) is 5.58. The summed E-state index contributed by atoms with van der Waals surface area (Å²) in [6.07, 6.45) is 4.14. The Hall–Kier alpha value is -3.21. The largest absolute Gasteiger partial charge is 0.382 e. The van der Waals surface area contributed by atoms with E-state index in [1.807, 2.05) is 5.38 Å². The van der Waals surface area contributed by atoms with Crippen LogP contribution in [0.1, 0.15) is 22.7 Å². The first kappa shape index (κ1) is 22.3. The third-order valence-corrected chi connectivity index (χ3v) is 8.74. The van der Waals surface area contributed by atoms with Gasteiger partial charge in [0.2, 0.25) is 0 Å². The van der Waals surface area contributed by atoms with Crippen LogP contribution in [0.4, 0.5) is 16.0 Å². The monoisotopic (exact) mass is 508 g/mol. The number of thiazole rings is 1. The Labute approximate surface area is 209 Å². The van der Waals surface area contributed by atoms with Crippen LogP contribution < -0.4 is 16.4 Å². The van der Waals surface area contributed by atoms with Crippen LogP contribution in [-0.4, -0.2) is 45.3 Å². The Kier molecular flexibility index (Phi) is 5.21. The number of hydrogen-bond donors (Lipinski definition) is 3. The first-order valence-corrected chi connectivity index (χ1v) is 12.5. The normalized spacial score (nSPS) is 23.3. The number of halogens is 2. The fraction of sp³-hybridized carbons (Fsp3) is 0.292. The fourth-order valence-corrected chi connectivity index (χ4v) is 6.87. The zero-order chi connectivity index (χ0) is 24.3. The van der Waals surface area contributed by atoms with Crippen LogP contribution in [0.15, 0.2) is 42.0 Å². The van der Waals surface area contributed by atoms with Gasteiger partial charge in [0.25, 0.3) is 0 Å². The molecule has 0 radical (unpaired) electrons. The van der Waals surface area contributed by atoms with Crippen molar-refractivity contribution < 1.29 is 4.39 Å². The third kappa shape index (κ3) is 3.39. The maximum atomic E-state index is 14.2. The maximum Gasteiger partial charge on any atom is 0.154 e. The van der Waals surface area contributed by atoms with Crippen LogP contribution in [0.5, 0.6) is 0 Å². The zero-order valence-electron chi connectivity index (χ0n) is 18.6. The van der Waals surface area contributed by atoms with Gasteiger partial charge in [0.05, 0.1) is 11.9 Å². The summed E-state index contributed by atoms with van der Waals surface area (Å²) in [5.41, 5.74) is 13.4. The molecule has 35 heavy (non-hydrogen) atoms. The van der Waals surface area contributed by atoms with Crippen molar-refractivity contribution in [3.05, 3.63) is 69.3 Å². The van der Waals surface area contributed by atoms with Gasteiger partial charge in [0.15, 0.2) is 5.82 Å². The number of fused-ring (bicyclic) bond motifs is 2. The lowest BCUT2D eigenvalue weighted by Crippen LogP contribution is -2.33. The van der Waals surface area contributed by atoms with Gasteiger partial charge in [-0.25, -0.2) is 19.3 Å². The molecule has 1 saturated carbocycles. The second kappa shape index (κ2) is 8.18. The number of nitrogen functional groups attached to an aromatic ring is 1. The molecule has 1 aliphatic heterocycles. The predicted octanol–water partition coefficient (Wildman–Crippen LogP) is 3.62. The van der Waals surface area contributed by atoms with Crippen molar-refractivity contribution in [2.45, 2.75) is 11.8 Å². The smallest absolute Gasteiger partial charge is 0.154 e. The molecule has 4 heterocycles. The number of piperidine rings is 1. The molecule has 3 atom stereocenters. The summed E-state index contributed by atoms with van der Waals surface area (Å²) in [6, 6.07) is 6.29. The Balaban J connectivity index is 1.26. The number of nitrogens with zero attached hydrogens (tertiary/aromatic N) is 5. The molecule has 3 unspecified atom stereocenters. The minimum Gasteiger partial charge on any atom is -0.382 e. The van der Waals surface area contributed by atoms with Gasteiger partial charge in [0.1, 0.15) is 33.0 Å². The molecule has 178 valence electrons. The van der Waals surface area contributed by atoms with Crippen molar-refractivity contribution in [2.24, 2.45) is 17.6 Å². The van der Waals surface area contributed by atoms with E-state index in [0.29, 0.717) is 40.3 Å². The molecule has 2 fully saturated rings. The van der Waals surface area contributed by atoms with Gasteiger partial charge in [-0.3, -0.25) is 10.4 Å². The van der Waals surface area contributed by atoms with E-state index in [4.69, 9.17) is 28.5 Å². The van der Waals surface area contributed by atoms with E-state index in [1.54, 1.807) is 35.7 Å². The van der Waals surface area contributed by atoms with E-state index >= 15 is 0 Å². The summed E-state index contributed by atoms with van der Waals surface area (Å²) in [6.45, 7) is 2.11. The molecule has 1 saturated heterocycles. The molecular weight excluding hydrogens is 487 g/mol. The van der Waals surface area contributed by atoms with Crippen molar-refractivity contribution in [2.75, 3.05) is 30.3 Å². The van der Waals surface area contributed by atoms with Crippen molar-refractivity contribution in [1.29, 1.82) is 5.41 Å². The summed E-state index contributed by atoms with van der Waals surface area (Å²) in [4.78, 5) is 19.9. The highest BCUT2D eigenvalue weighted by Gasteiger charge is 2.67. The molecule has 8 nitrogen and oxygen atoms in total. The highest BCUT2D eigenvalue weighted by molar-refractivity contribution is 7.10. The van der Waals surface area contributed by atoms with Gasteiger partial charge >= 0.3 is 0 Å². The Morgan fingerprint density at radius 1 is 1.26 bits per heavy atom. The van der Waals surface area contributed by atoms with E-state index in [0.717, 1.165) is 24.5 Å². The first-order chi connectivity index (χ1) is 16.9. The second-order valence-corrected chi connectivity index (χ2v) is 10.2. The van der Waals surface area contributed by atoms with Crippen molar-refractivity contribution in [1.82, 2.24) is 19.9 Å². The highest BCUT2D eigenvalue weighted by Crippen LogP contribution is 2.63. The Morgan fingerprint density at radius 3 is 2.86 bits per heavy atom. The molecule has 4 aromatic rings. The van der Waals surface area contributed by atoms with Crippen LogP contribution in [0.2, 0.25) is 5.15 Å². The number of benzene rings is 1. The molecular formula is C24H22ClFN8S. The van der Waals surface area contributed by atoms with Crippen LogP contribution in [0.25, 0.3) is 10.9 Å². The molecule has 0 spiro atoms. The predicted molar refractivity (Wildman–Crippen MR) is 136 cm³/mol. The van der Waals surface area contributed by atoms with Gasteiger partial charge < -0.3 is 16.4 Å². The van der Waals surface area contributed by atoms with Gasteiger partial charge in [-0.05, 0) is 36.5 Å². The lowest BCUT2D eigenvalue weighted by molar-refractivity contribution is 0.545. The number of hydrogen-bond acceptors (Lipinski definition) is 9. The third-order valence-electron chi connectivity index (χ3n) is 7.38. The van der Waals surface area contributed by atoms with Crippen LogP contribution in [-0.2, 0) is 5.41 Å². The Bertz CT molecular complexity index is 1480. The summed E-state index contributed by atoms with van der Waals surface area (Å²) in [7, 11) is 0. The van der Waals surface area contributed by atoms with E-state index in [-0.39, 0.29) is 28.2 Å². The number of nitrogens with two attached hydrogens (primary N) is 2. The van der Waals surface area contributed by atoms with E-state index in [2.05, 4.69) is 24.8 Å². The molecule has 0 amide bonds. The van der Waals surface area contributed by atoms with Gasteiger partial charge in [-0.2, -0.15) is 0 Å². The van der Waals surface area contributed by atoms with Crippen molar-refractivity contribution in [3.8, 4) is 0 Å².